The van der Waals surface area contributed by atoms with E-state index in [0.717, 1.165) is 0 Å². The zero-order valence-electron chi connectivity index (χ0n) is 12.4. The van der Waals surface area contributed by atoms with Crippen molar-refractivity contribution in [3.63, 3.8) is 0 Å². The van der Waals surface area contributed by atoms with Crippen molar-refractivity contribution in [3.05, 3.63) is 56.1 Å². The van der Waals surface area contributed by atoms with Crippen LogP contribution in [0, 0.1) is 10.1 Å². The molecular formula is C15H12Cl2N2O5. The van der Waals surface area contributed by atoms with E-state index < -0.39 is 10.9 Å². The predicted octanol–water partition coefficient (Wildman–Crippen LogP) is 3.99. The van der Waals surface area contributed by atoms with Crippen molar-refractivity contribution in [1.82, 2.24) is 0 Å². The lowest BCUT2D eigenvalue weighted by Gasteiger charge is -2.11. The first-order valence-electron chi connectivity index (χ1n) is 6.58. The zero-order chi connectivity index (χ0) is 17.9. The standard InChI is InChI=1S/C15H12Cl2N2O5/c1-23-14(20)6-8-4-10(16)15(11(17)5-8)24-9-2-3-12(18)13(7-9)19(21)22/h2-5,7H,6,18H2,1H3. The average Bonchev–Trinajstić information content (AvgIpc) is 2.52. The minimum absolute atomic E-state index is 0.00353. The van der Waals surface area contributed by atoms with Crippen molar-refractivity contribution >= 4 is 40.5 Å². The van der Waals surface area contributed by atoms with Crippen molar-refractivity contribution < 1.29 is 19.2 Å². The van der Waals surface area contributed by atoms with E-state index in [1.54, 1.807) is 0 Å². The van der Waals surface area contributed by atoms with Crippen LogP contribution < -0.4 is 10.5 Å². The van der Waals surface area contributed by atoms with Gasteiger partial charge in [-0.15, -0.1) is 0 Å². The van der Waals surface area contributed by atoms with Gasteiger partial charge in [0.15, 0.2) is 5.75 Å². The van der Waals surface area contributed by atoms with Gasteiger partial charge in [-0.25, -0.2) is 0 Å². The molecule has 0 radical (unpaired) electrons. The largest absolute Gasteiger partial charge is 0.469 e. The van der Waals surface area contributed by atoms with Gasteiger partial charge in [-0.2, -0.15) is 0 Å². The molecule has 2 aromatic carbocycles. The van der Waals surface area contributed by atoms with Crippen molar-refractivity contribution in [1.29, 1.82) is 0 Å². The molecule has 0 aliphatic carbocycles. The number of halogens is 2. The summed E-state index contributed by atoms with van der Waals surface area (Å²) in [5, 5.41) is 11.2. The highest BCUT2D eigenvalue weighted by atomic mass is 35.5. The van der Waals surface area contributed by atoms with E-state index >= 15 is 0 Å². The second kappa shape index (κ2) is 7.37. The maximum atomic E-state index is 11.3. The Bertz CT molecular complexity index is 787. The minimum atomic E-state index is -0.620. The molecule has 0 amide bonds. The first-order chi connectivity index (χ1) is 11.3. The molecule has 0 saturated heterocycles. The van der Waals surface area contributed by atoms with Crippen LogP contribution in [0.4, 0.5) is 11.4 Å². The predicted molar refractivity (Wildman–Crippen MR) is 89.8 cm³/mol. The third kappa shape index (κ3) is 4.06. The van der Waals surface area contributed by atoms with Crippen LogP contribution in [-0.2, 0) is 16.0 Å². The fourth-order valence-corrected chi connectivity index (χ4v) is 2.52. The fraction of sp³-hybridized carbons (Fsp3) is 0.133. The second-order valence-electron chi connectivity index (χ2n) is 4.72. The molecule has 0 saturated carbocycles. The Morgan fingerprint density at radius 1 is 1.25 bits per heavy atom. The molecule has 0 fully saturated rings. The Hall–Kier alpha value is -2.51. The Balaban J connectivity index is 2.32. The van der Waals surface area contributed by atoms with E-state index in [2.05, 4.69) is 4.74 Å². The number of nitrogens with zero attached hydrogens (tertiary/aromatic N) is 1. The molecule has 0 unspecified atom stereocenters. The van der Waals surface area contributed by atoms with Crippen LogP contribution in [0.1, 0.15) is 5.56 Å². The van der Waals surface area contributed by atoms with Crippen molar-refractivity contribution in [2.24, 2.45) is 0 Å². The van der Waals surface area contributed by atoms with Gasteiger partial charge < -0.3 is 15.2 Å². The van der Waals surface area contributed by atoms with Crippen molar-refractivity contribution in [2.75, 3.05) is 12.8 Å². The molecule has 9 heteroatoms. The summed E-state index contributed by atoms with van der Waals surface area (Å²) in [5.74, 6) is -0.170. The van der Waals surface area contributed by atoms with E-state index in [-0.39, 0.29) is 39.3 Å². The van der Waals surface area contributed by atoms with E-state index in [4.69, 9.17) is 33.7 Å². The molecule has 0 aliphatic rings. The maximum absolute atomic E-state index is 11.3. The van der Waals surface area contributed by atoms with Gasteiger partial charge in [0.1, 0.15) is 11.4 Å². The molecule has 2 N–H and O–H groups in total. The minimum Gasteiger partial charge on any atom is -0.469 e. The van der Waals surface area contributed by atoms with Crippen LogP contribution >= 0.6 is 23.2 Å². The average molecular weight is 371 g/mol. The number of carbonyl (C=O) groups is 1. The number of carbonyl (C=O) groups excluding carboxylic acids is 1. The first-order valence-corrected chi connectivity index (χ1v) is 7.34. The van der Waals surface area contributed by atoms with Crippen LogP contribution in [0.25, 0.3) is 0 Å². The van der Waals surface area contributed by atoms with E-state index in [9.17, 15) is 14.9 Å². The Kier molecular flexibility index (Phi) is 5.48. The molecule has 0 spiro atoms. The quantitative estimate of drug-likeness (QED) is 0.369. The topological polar surface area (TPSA) is 105 Å². The molecular weight excluding hydrogens is 359 g/mol. The molecule has 0 aliphatic heterocycles. The number of nitro groups is 1. The monoisotopic (exact) mass is 370 g/mol. The Morgan fingerprint density at radius 2 is 1.88 bits per heavy atom. The van der Waals surface area contributed by atoms with Gasteiger partial charge in [-0.05, 0) is 29.8 Å². The van der Waals surface area contributed by atoms with E-state index in [1.165, 1.54) is 37.4 Å². The zero-order valence-corrected chi connectivity index (χ0v) is 13.9. The summed E-state index contributed by atoms with van der Waals surface area (Å²) in [4.78, 5) is 21.6. The third-order valence-electron chi connectivity index (χ3n) is 3.05. The summed E-state index contributed by atoms with van der Waals surface area (Å²) in [6.45, 7) is 0. The number of benzene rings is 2. The van der Waals surface area contributed by atoms with Gasteiger partial charge in [-0.1, -0.05) is 23.2 Å². The lowest BCUT2D eigenvalue weighted by Crippen LogP contribution is -2.04. The maximum Gasteiger partial charge on any atom is 0.309 e. The van der Waals surface area contributed by atoms with Crippen molar-refractivity contribution in [3.8, 4) is 11.5 Å². The van der Waals surface area contributed by atoms with Crippen molar-refractivity contribution in [2.45, 2.75) is 6.42 Å². The number of hydrogen-bond donors (Lipinski definition) is 1. The summed E-state index contributed by atoms with van der Waals surface area (Å²) in [6, 6.07) is 6.99. The van der Waals surface area contributed by atoms with Crippen LogP contribution in [0.3, 0.4) is 0 Å². The van der Waals surface area contributed by atoms with Gasteiger partial charge >= 0.3 is 5.97 Å². The number of anilines is 1. The summed E-state index contributed by atoms with van der Waals surface area (Å²) >= 11 is 12.2. The number of methoxy groups -OCH3 is 1. The lowest BCUT2D eigenvalue weighted by molar-refractivity contribution is -0.384. The smallest absolute Gasteiger partial charge is 0.309 e. The van der Waals surface area contributed by atoms with Gasteiger partial charge in [0.25, 0.3) is 5.69 Å². The lowest BCUT2D eigenvalue weighted by atomic mass is 10.1. The van der Waals surface area contributed by atoms with Crippen LogP contribution in [-0.4, -0.2) is 18.0 Å². The van der Waals surface area contributed by atoms with Crippen LogP contribution in [0.2, 0.25) is 10.0 Å². The molecule has 0 bridgehead atoms. The molecule has 24 heavy (non-hydrogen) atoms. The highest BCUT2D eigenvalue weighted by Gasteiger charge is 2.16. The molecule has 2 aromatic rings. The van der Waals surface area contributed by atoms with Gasteiger partial charge in [0, 0.05) is 0 Å². The number of nitrogen functional groups attached to an aromatic ring is 1. The summed E-state index contributed by atoms with van der Waals surface area (Å²) in [5.41, 5.74) is 5.80. The van der Waals surface area contributed by atoms with Crippen LogP contribution in [0.15, 0.2) is 30.3 Å². The first kappa shape index (κ1) is 17.8. The van der Waals surface area contributed by atoms with Gasteiger partial charge in [0.05, 0.1) is 34.6 Å². The SMILES string of the molecule is COC(=O)Cc1cc(Cl)c(Oc2ccc(N)c([N+](=O)[O-])c2)c(Cl)c1. The third-order valence-corrected chi connectivity index (χ3v) is 3.61. The fourth-order valence-electron chi connectivity index (χ4n) is 1.91. The Labute approximate surface area is 147 Å². The molecule has 0 atom stereocenters. The van der Waals surface area contributed by atoms with Gasteiger partial charge in [-0.3, -0.25) is 14.9 Å². The number of ether oxygens (including phenoxy) is 2. The Morgan fingerprint density at radius 3 is 2.42 bits per heavy atom. The number of nitrogens with two attached hydrogens (primary N) is 1. The number of esters is 1. The number of nitro benzene ring substituents is 1. The van der Waals surface area contributed by atoms with E-state index in [0.29, 0.717) is 5.56 Å². The second-order valence-corrected chi connectivity index (χ2v) is 5.54. The highest BCUT2D eigenvalue weighted by molar-refractivity contribution is 6.37. The van der Waals surface area contributed by atoms with Gasteiger partial charge in [0.2, 0.25) is 0 Å². The summed E-state index contributed by atoms with van der Waals surface area (Å²) < 4.78 is 10.1. The molecule has 2 rings (SSSR count). The summed E-state index contributed by atoms with van der Waals surface area (Å²) in [7, 11) is 1.27. The normalized spacial score (nSPS) is 10.3. The number of hydrogen-bond acceptors (Lipinski definition) is 6. The molecule has 0 aromatic heterocycles. The highest BCUT2D eigenvalue weighted by Crippen LogP contribution is 2.39. The summed E-state index contributed by atoms with van der Waals surface area (Å²) in [6.07, 6.45) is 0.00353. The van der Waals surface area contributed by atoms with E-state index in [1.807, 2.05) is 0 Å². The molecule has 126 valence electrons. The number of rotatable bonds is 5. The van der Waals surface area contributed by atoms with Crippen LogP contribution in [0.5, 0.6) is 11.5 Å². The molecule has 7 nitrogen and oxygen atoms in total. The molecule has 0 heterocycles.